The lowest BCUT2D eigenvalue weighted by Crippen LogP contribution is -2.23. The third-order valence-electron chi connectivity index (χ3n) is 4.61. The normalized spacial score (nSPS) is 14.5. The number of anilines is 1. The molecule has 0 heterocycles. The zero-order valence-electron chi connectivity index (χ0n) is 15.9. The molecule has 1 saturated carbocycles. The molecule has 1 aliphatic rings. The van der Waals surface area contributed by atoms with E-state index in [-0.39, 0.29) is 24.0 Å². The zero-order chi connectivity index (χ0) is 18.4. The van der Waals surface area contributed by atoms with E-state index in [0.29, 0.717) is 18.6 Å². The molecular formula is C21H28IN3O2. The van der Waals surface area contributed by atoms with Gasteiger partial charge in [-0.15, -0.1) is 24.0 Å². The second-order valence-electron chi connectivity index (χ2n) is 6.66. The molecule has 0 saturated heterocycles. The third kappa shape index (κ3) is 6.02. The number of nitrogens with two attached hydrogens (primary N) is 1. The molecule has 0 atom stereocenters. The van der Waals surface area contributed by atoms with Gasteiger partial charge >= 0.3 is 0 Å². The van der Waals surface area contributed by atoms with Crippen molar-refractivity contribution in [2.75, 3.05) is 12.4 Å². The Bertz CT molecular complexity index is 774. The molecule has 0 aromatic heterocycles. The van der Waals surface area contributed by atoms with Crippen LogP contribution in [0.4, 0.5) is 5.69 Å². The lowest BCUT2D eigenvalue weighted by atomic mass is 10.1. The highest BCUT2D eigenvalue weighted by Gasteiger charge is 2.18. The van der Waals surface area contributed by atoms with Crippen molar-refractivity contribution in [2.45, 2.75) is 45.3 Å². The number of methoxy groups -OCH3 is 1. The van der Waals surface area contributed by atoms with Crippen LogP contribution >= 0.6 is 24.0 Å². The molecule has 0 spiro atoms. The van der Waals surface area contributed by atoms with Crippen LogP contribution in [0.2, 0.25) is 0 Å². The Kier molecular flexibility index (Phi) is 8.22. The highest BCUT2D eigenvalue weighted by atomic mass is 127. The number of aliphatic imine (C=N–C) groups is 1. The molecule has 2 aromatic rings. The summed E-state index contributed by atoms with van der Waals surface area (Å²) in [5.74, 6) is 2.00. The van der Waals surface area contributed by atoms with Crippen LogP contribution < -0.4 is 20.5 Å². The number of para-hydroxylation sites is 2. The average molecular weight is 481 g/mol. The van der Waals surface area contributed by atoms with Gasteiger partial charge in [0.1, 0.15) is 11.5 Å². The number of rotatable bonds is 6. The molecule has 0 radical (unpaired) electrons. The average Bonchev–Trinajstić information content (AvgIpc) is 3.14. The molecule has 3 N–H and O–H groups in total. The summed E-state index contributed by atoms with van der Waals surface area (Å²) in [4.78, 5) is 4.48. The molecule has 27 heavy (non-hydrogen) atoms. The number of ether oxygens (including phenoxy) is 2. The Hall–Kier alpha value is -1.96. The second kappa shape index (κ2) is 10.4. The number of nitrogens with one attached hydrogen (secondary N) is 1. The van der Waals surface area contributed by atoms with Crippen LogP contribution in [0.5, 0.6) is 11.5 Å². The van der Waals surface area contributed by atoms with Crippen LogP contribution in [-0.2, 0) is 6.54 Å². The van der Waals surface area contributed by atoms with Gasteiger partial charge in [-0.3, -0.25) is 0 Å². The van der Waals surface area contributed by atoms with Gasteiger partial charge in [-0.25, -0.2) is 4.99 Å². The van der Waals surface area contributed by atoms with E-state index in [2.05, 4.69) is 35.4 Å². The van der Waals surface area contributed by atoms with Gasteiger partial charge in [0, 0.05) is 5.56 Å². The van der Waals surface area contributed by atoms with Gasteiger partial charge in [-0.2, -0.15) is 0 Å². The van der Waals surface area contributed by atoms with Gasteiger partial charge < -0.3 is 20.5 Å². The summed E-state index contributed by atoms with van der Waals surface area (Å²) >= 11 is 0. The summed E-state index contributed by atoms with van der Waals surface area (Å²) in [6, 6.07) is 13.9. The van der Waals surface area contributed by atoms with E-state index < -0.39 is 0 Å². The van der Waals surface area contributed by atoms with E-state index in [1.165, 1.54) is 18.4 Å². The van der Waals surface area contributed by atoms with Gasteiger partial charge in [-0.05, 0) is 56.4 Å². The molecule has 0 aliphatic heterocycles. The fraction of sp³-hybridized carbons (Fsp3) is 0.381. The third-order valence-corrected chi connectivity index (χ3v) is 4.61. The first-order chi connectivity index (χ1) is 12.7. The maximum absolute atomic E-state index is 6.22. The van der Waals surface area contributed by atoms with Crippen molar-refractivity contribution in [2.24, 2.45) is 10.7 Å². The number of nitrogens with zero attached hydrogens (tertiary/aromatic N) is 1. The van der Waals surface area contributed by atoms with E-state index in [1.807, 2.05) is 24.3 Å². The van der Waals surface area contributed by atoms with Crippen molar-refractivity contribution < 1.29 is 9.47 Å². The lowest BCUT2D eigenvalue weighted by Gasteiger charge is -2.17. The van der Waals surface area contributed by atoms with Crippen LogP contribution in [-0.4, -0.2) is 19.2 Å². The molecule has 5 nitrogen and oxygen atoms in total. The molecule has 0 amide bonds. The monoisotopic (exact) mass is 481 g/mol. The minimum absolute atomic E-state index is 0. The highest BCUT2D eigenvalue weighted by molar-refractivity contribution is 14.0. The molecule has 2 aromatic carbocycles. The van der Waals surface area contributed by atoms with Crippen molar-refractivity contribution in [3.05, 3.63) is 53.6 Å². The molecule has 1 aliphatic carbocycles. The topological polar surface area (TPSA) is 68.9 Å². The number of hydrogen-bond donors (Lipinski definition) is 2. The molecule has 3 rings (SSSR count). The summed E-state index contributed by atoms with van der Waals surface area (Å²) in [5, 5.41) is 3.10. The van der Waals surface area contributed by atoms with Crippen LogP contribution in [0.3, 0.4) is 0 Å². The fourth-order valence-corrected chi connectivity index (χ4v) is 3.18. The van der Waals surface area contributed by atoms with Crippen LogP contribution in [0, 0.1) is 6.92 Å². The summed E-state index contributed by atoms with van der Waals surface area (Å²) in [6.07, 6.45) is 5.09. The van der Waals surface area contributed by atoms with Crippen molar-refractivity contribution in [3.8, 4) is 11.5 Å². The molecule has 6 heteroatoms. The Labute approximate surface area is 178 Å². The van der Waals surface area contributed by atoms with Crippen LogP contribution in [0.15, 0.2) is 47.5 Å². The summed E-state index contributed by atoms with van der Waals surface area (Å²) in [6.45, 7) is 2.54. The summed E-state index contributed by atoms with van der Waals surface area (Å²) in [5.41, 5.74) is 9.09. The van der Waals surface area contributed by atoms with Crippen molar-refractivity contribution >= 4 is 35.6 Å². The van der Waals surface area contributed by atoms with E-state index in [0.717, 1.165) is 35.6 Å². The van der Waals surface area contributed by atoms with Crippen LogP contribution in [0.1, 0.15) is 36.8 Å². The van der Waals surface area contributed by atoms with Gasteiger partial charge in [0.25, 0.3) is 0 Å². The maximum Gasteiger partial charge on any atom is 0.193 e. The molecule has 1 fully saturated rings. The van der Waals surface area contributed by atoms with Gasteiger partial charge in [0.05, 0.1) is 25.4 Å². The summed E-state index contributed by atoms with van der Waals surface area (Å²) in [7, 11) is 1.63. The first-order valence-corrected chi connectivity index (χ1v) is 9.12. The van der Waals surface area contributed by atoms with Crippen molar-refractivity contribution in [1.29, 1.82) is 0 Å². The minimum atomic E-state index is 0. The number of aryl methyl sites for hydroxylation is 1. The zero-order valence-corrected chi connectivity index (χ0v) is 18.2. The summed E-state index contributed by atoms with van der Waals surface area (Å²) < 4.78 is 11.5. The smallest absolute Gasteiger partial charge is 0.193 e. The quantitative estimate of drug-likeness (QED) is 0.351. The minimum Gasteiger partial charge on any atom is -0.495 e. The van der Waals surface area contributed by atoms with Crippen LogP contribution in [0.25, 0.3) is 0 Å². The SMILES string of the molecule is COc1ccccc1NC(N)=NCc1ccc(C)cc1OC1CCCC1.I. The standard InChI is InChI=1S/C21H27N3O2.HI/c1-15-11-12-16(20(13-15)26-17-7-3-4-8-17)14-23-21(22)24-18-9-5-6-10-19(18)25-2;/h5-6,9-13,17H,3-4,7-8,14H2,1-2H3,(H3,22,23,24);1H. The van der Waals surface area contributed by atoms with Gasteiger partial charge in [0.15, 0.2) is 5.96 Å². The maximum atomic E-state index is 6.22. The number of benzene rings is 2. The van der Waals surface area contributed by atoms with Gasteiger partial charge in [-0.1, -0.05) is 24.3 Å². The Balaban J connectivity index is 0.00000261. The van der Waals surface area contributed by atoms with Crippen molar-refractivity contribution in [1.82, 2.24) is 0 Å². The fourth-order valence-electron chi connectivity index (χ4n) is 3.18. The molecule has 0 unspecified atom stereocenters. The lowest BCUT2D eigenvalue weighted by molar-refractivity contribution is 0.208. The first kappa shape index (κ1) is 21.3. The first-order valence-electron chi connectivity index (χ1n) is 9.12. The van der Waals surface area contributed by atoms with Crippen molar-refractivity contribution in [3.63, 3.8) is 0 Å². The molecular weight excluding hydrogens is 453 g/mol. The predicted octanol–water partition coefficient (Wildman–Crippen LogP) is 4.87. The highest BCUT2D eigenvalue weighted by Crippen LogP contribution is 2.28. The Morgan fingerprint density at radius 2 is 1.89 bits per heavy atom. The number of halogens is 1. The Morgan fingerprint density at radius 3 is 2.63 bits per heavy atom. The Morgan fingerprint density at radius 1 is 1.15 bits per heavy atom. The number of hydrogen-bond acceptors (Lipinski definition) is 3. The van der Waals surface area contributed by atoms with E-state index in [9.17, 15) is 0 Å². The molecule has 146 valence electrons. The number of guanidine groups is 1. The molecule has 0 bridgehead atoms. The van der Waals surface area contributed by atoms with Gasteiger partial charge in [0.2, 0.25) is 0 Å². The van der Waals surface area contributed by atoms with E-state index >= 15 is 0 Å². The van der Waals surface area contributed by atoms with E-state index in [1.54, 1.807) is 7.11 Å². The predicted molar refractivity (Wildman–Crippen MR) is 121 cm³/mol. The second-order valence-corrected chi connectivity index (χ2v) is 6.66. The largest absolute Gasteiger partial charge is 0.495 e. The van der Waals surface area contributed by atoms with E-state index in [4.69, 9.17) is 15.2 Å².